The van der Waals surface area contributed by atoms with Crippen LogP contribution in [0.1, 0.15) is 43.7 Å². The summed E-state index contributed by atoms with van der Waals surface area (Å²) < 4.78 is 5.51. The quantitative estimate of drug-likeness (QED) is 0.892. The molecule has 3 unspecified atom stereocenters. The van der Waals surface area contributed by atoms with E-state index in [1.807, 2.05) is 0 Å². The molecule has 3 rings (SSSR count). The van der Waals surface area contributed by atoms with Crippen molar-refractivity contribution in [3.63, 3.8) is 0 Å². The van der Waals surface area contributed by atoms with Crippen LogP contribution in [0.25, 0.3) is 0 Å². The zero-order chi connectivity index (χ0) is 14.9. The summed E-state index contributed by atoms with van der Waals surface area (Å²) >= 11 is 0. The fourth-order valence-electron chi connectivity index (χ4n) is 4.09. The second kappa shape index (κ2) is 5.98. The highest BCUT2D eigenvalue weighted by Crippen LogP contribution is 2.40. The van der Waals surface area contributed by atoms with Crippen LogP contribution in [0.4, 0.5) is 0 Å². The van der Waals surface area contributed by atoms with Crippen molar-refractivity contribution in [2.75, 3.05) is 13.7 Å². The number of piperidine rings is 1. The summed E-state index contributed by atoms with van der Waals surface area (Å²) in [6.07, 6.45) is 5.34. The number of nitrogens with one attached hydrogen (secondary N) is 2. The molecule has 116 valence electrons. The fourth-order valence-corrected chi connectivity index (χ4v) is 4.09. The van der Waals surface area contributed by atoms with E-state index in [0.717, 1.165) is 24.8 Å². The van der Waals surface area contributed by atoms with E-state index in [0.29, 0.717) is 5.92 Å². The van der Waals surface area contributed by atoms with Gasteiger partial charge in [-0.3, -0.25) is 10.6 Å². The van der Waals surface area contributed by atoms with E-state index in [-0.39, 0.29) is 5.66 Å². The summed E-state index contributed by atoms with van der Waals surface area (Å²) in [4.78, 5) is 0. The largest absolute Gasteiger partial charge is 0.496 e. The number of fused-ring (bicyclic) bond motifs is 2. The third-order valence-corrected chi connectivity index (χ3v) is 5.48. The van der Waals surface area contributed by atoms with Gasteiger partial charge in [-0.2, -0.15) is 0 Å². The number of hydrogen-bond donors (Lipinski definition) is 2. The minimum Gasteiger partial charge on any atom is -0.496 e. The first kappa shape index (κ1) is 14.9. The molecule has 1 aliphatic heterocycles. The van der Waals surface area contributed by atoms with Gasteiger partial charge < -0.3 is 4.74 Å². The SMILES string of the molecule is COc1ccc(C)cc1CNC12CC(CCN1)CCC2C. The molecule has 21 heavy (non-hydrogen) atoms. The number of benzene rings is 1. The third kappa shape index (κ3) is 2.95. The molecule has 3 heteroatoms. The Labute approximate surface area is 128 Å². The number of aryl methyl sites for hydroxylation is 1. The zero-order valence-electron chi connectivity index (χ0n) is 13.5. The fraction of sp³-hybridized carbons (Fsp3) is 0.667. The number of methoxy groups -OCH3 is 1. The van der Waals surface area contributed by atoms with Gasteiger partial charge in [0.05, 0.1) is 12.8 Å². The first-order chi connectivity index (χ1) is 10.1. The van der Waals surface area contributed by atoms with Gasteiger partial charge >= 0.3 is 0 Å². The standard InChI is InChI=1S/C18H28N2O/c1-13-4-7-17(21-3)16(10-13)12-20-18-11-15(8-9-19-18)6-5-14(18)2/h4,7,10,14-15,19-20H,5-6,8-9,11-12H2,1-3H3. The molecule has 0 spiro atoms. The van der Waals surface area contributed by atoms with Crippen molar-refractivity contribution >= 4 is 0 Å². The van der Waals surface area contributed by atoms with Crippen molar-refractivity contribution in [3.05, 3.63) is 29.3 Å². The van der Waals surface area contributed by atoms with Gasteiger partial charge in [-0.05, 0) is 57.1 Å². The molecule has 1 aromatic rings. The Morgan fingerprint density at radius 3 is 3.00 bits per heavy atom. The van der Waals surface area contributed by atoms with Crippen molar-refractivity contribution in [1.29, 1.82) is 0 Å². The van der Waals surface area contributed by atoms with Gasteiger partial charge in [-0.25, -0.2) is 0 Å². The summed E-state index contributed by atoms with van der Waals surface area (Å²) in [5.41, 5.74) is 2.67. The average Bonchev–Trinajstić information content (AvgIpc) is 2.50. The minimum absolute atomic E-state index is 0.121. The average molecular weight is 288 g/mol. The maximum Gasteiger partial charge on any atom is 0.123 e. The lowest BCUT2D eigenvalue weighted by atomic mass is 9.71. The summed E-state index contributed by atoms with van der Waals surface area (Å²) in [6, 6.07) is 6.42. The lowest BCUT2D eigenvalue weighted by molar-refractivity contribution is 0.0434. The van der Waals surface area contributed by atoms with Crippen LogP contribution in [0, 0.1) is 18.8 Å². The highest BCUT2D eigenvalue weighted by molar-refractivity contribution is 5.36. The number of rotatable bonds is 4. The molecule has 2 bridgehead atoms. The van der Waals surface area contributed by atoms with Crippen LogP contribution in [-0.2, 0) is 6.54 Å². The molecule has 2 aliphatic rings. The summed E-state index contributed by atoms with van der Waals surface area (Å²) in [5, 5.41) is 7.63. The molecule has 0 aromatic heterocycles. The predicted octanol–water partition coefficient (Wildman–Crippen LogP) is 3.22. The van der Waals surface area contributed by atoms with Crippen molar-refractivity contribution in [2.24, 2.45) is 11.8 Å². The minimum atomic E-state index is 0.121. The van der Waals surface area contributed by atoms with Crippen molar-refractivity contribution in [3.8, 4) is 5.75 Å². The summed E-state index contributed by atoms with van der Waals surface area (Å²) in [5.74, 6) is 2.57. The van der Waals surface area contributed by atoms with Gasteiger partial charge in [-0.15, -0.1) is 0 Å². The summed E-state index contributed by atoms with van der Waals surface area (Å²) in [6.45, 7) is 6.54. The van der Waals surface area contributed by atoms with Crippen LogP contribution >= 0.6 is 0 Å². The first-order valence-electron chi connectivity index (χ1n) is 8.26. The summed E-state index contributed by atoms with van der Waals surface area (Å²) in [7, 11) is 1.75. The van der Waals surface area contributed by atoms with Crippen molar-refractivity contribution in [1.82, 2.24) is 10.6 Å². The van der Waals surface area contributed by atoms with E-state index in [2.05, 4.69) is 42.7 Å². The zero-order valence-corrected chi connectivity index (χ0v) is 13.5. The van der Waals surface area contributed by atoms with Crippen molar-refractivity contribution in [2.45, 2.75) is 51.7 Å². The van der Waals surface area contributed by atoms with Crippen LogP contribution in [-0.4, -0.2) is 19.3 Å². The molecule has 0 radical (unpaired) electrons. The van der Waals surface area contributed by atoms with Crippen LogP contribution in [0.15, 0.2) is 18.2 Å². The lowest BCUT2D eigenvalue weighted by Crippen LogP contribution is -2.65. The smallest absolute Gasteiger partial charge is 0.123 e. The van der Waals surface area contributed by atoms with Gasteiger partial charge in [0.15, 0.2) is 0 Å². The van der Waals surface area contributed by atoms with Gasteiger partial charge in [0.2, 0.25) is 0 Å². The Balaban J connectivity index is 1.75. The Morgan fingerprint density at radius 2 is 2.19 bits per heavy atom. The molecule has 0 amide bonds. The van der Waals surface area contributed by atoms with Crippen LogP contribution < -0.4 is 15.4 Å². The second-order valence-electron chi connectivity index (χ2n) is 6.90. The number of ether oxygens (including phenoxy) is 1. The van der Waals surface area contributed by atoms with Gasteiger partial charge in [0.25, 0.3) is 0 Å². The third-order valence-electron chi connectivity index (χ3n) is 5.48. The van der Waals surface area contributed by atoms with Gasteiger partial charge in [0.1, 0.15) is 5.75 Å². The topological polar surface area (TPSA) is 33.3 Å². The van der Waals surface area contributed by atoms with E-state index >= 15 is 0 Å². The molecule has 3 atom stereocenters. The van der Waals surface area contributed by atoms with E-state index in [1.165, 1.54) is 36.8 Å². The first-order valence-corrected chi connectivity index (χ1v) is 8.26. The molecule has 2 N–H and O–H groups in total. The lowest BCUT2D eigenvalue weighted by Gasteiger charge is -2.51. The normalized spacial score (nSPS) is 32.0. The predicted molar refractivity (Wildman–Crippen MR) is 86.4 cm³/mol. The maximum atomic E-state index is 5.51. The number of hydrogen-bond acceptors (Lipinski definition) is 3. The Hall–Kier alpha value is -1.06. The molecule has 1 aromatic carbocycles. The molecular formula is C18H28N2O. The highest BCUT2D eigenvalue weighted by atomic mass is 16.5. The Bertz CT molecular complexity index is 502. The van der Waals surface area contributed by atoms with E-state index < -0.39 is 0 Å². The second-order valence-corrected chi connectivity index (χ2v) is 6.90. The van der Waals surface area contributed by atoms with E-state index in [4.69, 9.17) is 4.74 Å². The monoisotopic (exact) mass is 288 g/mol. The molecular weight excluding hydrogens is 260 g/mol. The molecule has 2 fully saturated rings. The van der Waals surface area contributed by atoms with Crippen LogP contribution in [0.2, 0.25) is 0 Å². The molecule has 3 nitrogen and oxygen atoms in total. The molecule has 1 saturated carbocycles. The Morgan fingerprint density at radius 1 is 1.33 bits per heavy atom. The van der Waals surface area contributed by atoms with Gasteiger partial charge in [-0.1, -0.05) is 24.6 Å². The van der Waals surface area contributed by atoms with E-state index in [9.17, 15) is 0 Å². The van der Waals surface area contributed by atoms with Crippen LogP contribution in [0.5, 0.6) is 5.75 Å². The molecule has 1 aliphatic carbocycles. The van der Waals surface area contributed by atoms with Gasteiger partial charge in [0, 0.05) is 12.1 Å². The van der Waals surface area contributed by atoms with E-state index in [1.54, 1.807) is 7.11 Å². The maximum absolute atomic E-state index is 5.51. The highest BCUT2D eigenvalue weighted by Gasteiger charge is 2.43. The molecule has 1 saturated heterocycles. The molecule has 1 heterocycles. The Kier molecular flexibility index (Phi) is 4.23. The van der Waals surface area contributed by atoms with Crippen LogP contribution in [0.3, 0.4) is 0 Å². The van der Waals surface area contributed by atoms with Crippen molar-refractivity contribution < 1.29 is 4.74 Å².